The van der Waals surface area contributed by atoms with Crippen molar-refractivity contribution in [2.45, 2.75) is 19.8 Å². The van der Waals surface area contributed by atoms with Crippen LogP contribution in [0.15, 0.2) is 28.9 Å². The molecule has 0 saturated carbocycles. The first kappa shape index (κ1) is 12.2. The third-order valence-electron chi connectivity index (χ3n) is 2.69. The predicted molar refractivity (Wildman–Crippen MR) is 77.3 cm³/mol. The van der Waals surface area contributed by atoms with Gasteiger partial charge in [0.1, 0.15) is 5.82 Å². The van der Waals surface area contributed by atoms with Crippen molar-refractivity contribution < 1.29 is 0 Å². The van der Waals surface area contributed by atoms with Crippen LogP contribution >= 0.6 is 15.9 Å². The van der Waals surface area contributed by atoms with Gasteiger partial charge in [-0.1, -0.05) is 13.3 Å². The molecule has 0 radical (unpaired) electrons. The van der Waals surface area contributed by atoms with Gasteiger partial charge in [0.05, 0.1) is 0 Å². The number of anilines is 2. The molecule has 0 aliphatic carbocycles. The number of fused-ring (bicyclic) bond motifs is 1. The van der Waals surface area contributed by atoms with Crippen molar-refractivity contribution in [3.8, 4) is 0 Å². The van der Waals surface area contributed by atoms with Gasteiger partial charge in [-0.2, -0.15) is 0 Å². The lowest BCUT2D eigenvalue weighted by Crippen LogP contribution is -2.03. The van der Waals surface area contributed by atoms with Gasteiger partial charge in [-0.3, -0.25) is 0 Å². The van der Waals surface area contributed by atoms with Gasteiger partial charge in [0, 0.05) is 33.7 Å². The van der Waals surface area contributed by atoms with E-state index in [0.717, 1.165) is 39.7 Å². The first-order chi connectivity index (χ1) is 8.22. The van der Waals surface area contributed by atoms with Gasteiger partial charge in [0.25, 0.3) is 0 Å². The molecule has 0 aliphatic rings. The van der Waals surface area contributed by atoms with Crippen molar-refractivity contribution in [3.05, 3.63) is 28.9 Å². The summed E-state index contributed by atoms with van der Waals surface area (Å²) < 4.78 is 0.973. The standard InChI is InChI=1S/C13H16BrN3/c1-2-3-6-16-13-10-5-4-9(15)7-11(10)12(14)8-17-13/h4-5,7-8H,2-3,6,15H2,1H3,(H,16,17). The Hall–Kier alpha value is -1.29. The van der Waals surface area contributed by atoms with Gasteiger partial charge >= 0.3 is 0 Å². The van der Waals surface area contributed by atoms with Crippen molar-refractivity contribution in [2.24, 2.45) is 0 Å². The molecule has 3 N–H and O–H groups in total. The van der Waals surface area contributed by atoms with Crippen LogP contribution in [0.25, 0.3) is 10.8 Å². The number of aromatic nitrogens is 1. The molecule has 3 nitrogen and oxygen atoms in total. The number of halogens is 1. The smallest absolute Gasteiger partial charge is 0.133 e. The van der Waals surface area contributed by atoms with E-state index >= 15 is 0 Å². The molecule has 0 atom stereocenters. The zero-order chi connectivity index (χ0) is 12.3. The Labute approximate surface area is 110 Å². The summed E-state index contributed by atoms with van der Waals surface area (Å²) in [5, 5.41) is 5.56. The maximum atomic E-state index is 5.80. The topological polar surface area (TPSA) is 50.9 Å². The highest BCUT2D eigenvalue weighted by Crippen LogP contribution is 2.29. The zero-order valence-corrected chi connectivity index (χ0v) is 11.4. The van der Waals surface area contributed by atoms with Gasteiger partial charge < -0.3 is 11.1 Å². The Kier molecular flexibility index (Phi) is 3.84. The van der Waals surface area contributed by atoms with Gasteiger partial charge in [-0.05, 0) is 40.5 Å². The van der Waals surface area contributed by atoms with E-state index in [1.54, 1.807) is 0 Å². The quantitative estimate of drug-likeness (QED) is 0.666. The number of nitrogen functional groups attached to an aromatic ring is 1. The highest BCUT2D eigenvalue weighted by Gasteiger charge is 2.05. The molecule has 1 aromatic heterocycles. The number of rotatable bonds is 4. The number of nitrogens with two attached hydrogens (primary N) is 1. The average molecular weight is 294 g/mol. The number of hydrogen-bond donors (Lipinski definition) is 2. The van der Waals surface area contributed by atoms with Gasteiger partial charge in [-0.15, -0.1) is 0 Å². The Bertz CT molecular complexity index is 525. The molecular formula is C13H16BrN3. The molecule has 90 valence electrons. The molecular weight excluding hydrogens is 278 g/mol. The summed E-state index contributed by atoms with van der Waals surface area (Å²) in [7, 11) is 0. The second kappa shape index (κ2) is 5.36. The fraction of sp³-hybridized carbons (Fsp3) is 0.308. The summed E-state index contributed by atoms with van der Waals surface area (Å²) in [6, 6.07) is 5.88. The Balaban J connectivity index is 2.40. The van der Waals surface area contributed by atoms with Crippen molar-refractivity contribution >= 4 is 38.2 Å². The molecule has 0 spiro atoms. The van der Waals surface area contributed by atoms with E-state index in [0.29, 0.717) is 0 Å². The Morgan fingerprint density at radius 1 is 1.35 bits per heavy atom. The second-order valence-electron chi connectivity index (χ2n) is 4.04. The molecule has 1 heterocycles. The molecule has 0 aliphatic heterocycles. The molecule has 0 fully saturated rings. The van der Waals surface area contributed by atoms with E-state index in [4.69, 9.17) is 5.73 Å². The fourth-order valence-corrected chi connectivity index (χ4v) is 2.18. The zero-order valence-electron chi connectivity index (χ0n) is 9.83. The van der Waals surface area contributed by atoms with Crippen LogP contribution in [-0.4, -0.2) is 11.5 Å². The number of pyridine rings is 1. The molecule has 4 heteroatoms. The van der Waals surface area contributed by atoms with Crippen LogP contribution in [0.2, 0.25) is 0 Å². The predicted octanol–water partition coefficient (Wildman–Crippen LogP) is 3.79. The molecule has 1 aromatic carbocycles. The van der Waals surface area contributed by atoms with E-state index in [1.165, 1.54) is 6.42 Å². The monoisotopic (exact) mass is 293 g/mol. The number of benzene rings is 1. The third kappa shape index (κ3) is 2.69. The molecule has 17 heavy (non-hydrogen) atoms. The number of nitrogens with one attached hydrogen (secondary N) is 1. The molecule has 0 unspecified atom stereocenters. The number of unbranched alkanes of at least 4 members (excludes halogenated alkanes) is 1. The van der Waals surface area contributed by atoms with Crippen molar-refractivity contribution in [3.63, 3.8) is 0 Å². The highest BCUT2D eigenvalue weighted by atomic mass is 79.9. The van der Waals surface area contributed by atoms with Gasteiger partial charge in [-0.25, -0.2) is 4.98 Å². The summed E-state index contributed by atoms with van der Waals surface area (Å²) in [6.07, 6.45) is 4.14. The molecule has 2 rings (SSSR count). The van der Waals surface area contributed by atoms with Crippen molar-refractivity contribution in [1.29, 1.82) is 0 Å². The van der Waals surface area contributed by atoms with Crippen LogP contribution in [-0.2, 0) is 0 Å². The van der Waals surface area contributed by atoms with Crippen LogP contribution in [0.1, 0.15) is 19.8 Å². The summed E-state index contributed by atoms with van der Waals surface area (Å²) in [5.74, 6) is 0.927. The van der Waals surface area contributed by atoms with E-state index in [-0.39, 0.29) is 0 Å². The highest BCUT2D eigenvalue weighted by molar-refractivity contribution is 9.10. The first-order valence-electron chi connectivity index (χ1n) is 5.80. The van der Waals surface area contributed by atoms with Gasteiger partial charge in [0.15, 0.2) is 0 Å². The van der Waals surface area contributed by atoms with Gasteiger partial charge in [0.2, 0.25) is 0 Å². The van der Waals surface area contributed by atoms with E-state index in [9.17, 15) is 0 Å². The van der Waals surface area contributed by atoms with E-state index < -0.39 is 0 Å². The summed E-state index contributed by atoms with van der Waals surface area (Å²) in [6.45, 7) is 3.13. The van der Waals surface area contributed by atoms with Crippen molar-refractivity contribution in [2.75, 3.05) is 17.6 Å². The normalized spacial score (nSPS) is 10.7. The number of hydrogen-bond acceptors (Lipinski definition) is 3. The summed E-state index contributed by atoms with van der Waals surface area (Å²) >= 11 is 3.50. The van der Waals surface area contributed by atoms with E-state index in [2.05, 4.69) is 33.2 Å². The van der Waals surface area contributed by atoms with Crippen LogP contribution in [0.3, 0.4) is 0 Å². The first-order valence-corrected chi connectivity index (χ1v) is 6.59. The molecule has 0 saturated heterocycles. The minimum atomic E-state index is 0.768. The van der Waals surface area contributed by atoms with Crippen LogP contribution in [0.5, 0.6) is 0 Å². The minimum Gasteiger partial charge on any atom is -0.399 e. The van der Waals surface area contributed by atoms with E-state index in [1.807, 2.05) is 24.4 Å². The third-order valence-corrected chi connectivity index (χ3v) is 3.32. The lowest BCUT2D eigenvalue weighted by molar-refractivity contribution is 0.832. The summed E-state index contributed by atoms with van der Waals surface area (Å²) in [4.78, 5) is 4.41. The Morgan fingerprint density at radius 3 is 2.94 bits per heavy atom. The average Bonchev–Trinajstić information content (AvgIpc) is 2.33. The van der Waals surface area contributed by atoms with Crippen LogP contribution in [0, 0.1) is 0 Å². The van der Waals surface area contributed by atoms with Crippen LogP contribution in [0.4, 0.5) is 11.5 Å². The number of nitrogens with zero attached hydrogens (tertiary/aromatic N) is 1. The lowest BCUT2D eigenvalue weighted by Gasteiger charge is -2.10. The van der Waals surface area contributed by atoms with Crippen LogP contribution < -0.4 is 11.1 Å². The Morgan fingerprint density at radius 2 is 2.18 bits per heavy atom. The van der Waals surface area contributed by atoms with Crippen molar-refractivity contribution in [1.82, 2.24) is 4.98 Å². The minimum absolute atomic E-state index is 0.768. The lowest BCUT2D eigenvalue weighted by atomic mass is 10.1. The maximum absolute atomic E-state index is 5.80. The SMILES string of the molecule is CCCCNc1ncc(Br)c2cc(N)ccc12. The maximum Gasteiger partial charge on any atom is 0.133 e. The molecule has 0 bridgehead atoms. The second-order valence-corrected chi connectivity index (χ2v) is 4.89. The molecule has 2 aromatic rings. The summed E-state index contributed by atoms with van der Waals surface area (Å²) in [5.41, 5.74) is 6.57. The fourth-order valence-electron chi connectivity index (χ4n) is 1.75. The largest absolute Gasteiger partial charge is 0.399 e. The molecule has 0 amide bonds.